The predicted octanol–water partition coefficient (Wildman–Crippen LogP) is 0.915. The first kappa shape index (κ1) is 6.75. The molecule has 0 nitrogen and oxygen atoms in total. The first-order valence-electron chi connectivity index (χ1n) is 2.56. The van der Waals surface area contributed by atoms with Crippen LogP contribution in [0.15, 0.2) is 0 Å². The lowest BCUT2D eigenvalue weighted by Crippen LogP contribution is -2.18. The van der Waals surface area contributed by atoms with Gasteiger partial charge in [-0.1, -0.05) is 19.6 Å². The number of hydrogen-bond acceptors (Lipinski definition) is 0. The fraction of sp³-hybridized carbons (Fsp3) is 1.00. The van der Waals surface area contributed by atoms with Crippen LogP contribution in [0.5, 0.6) is 0 Å². The second-order valence-electron chi connectivity index (χ2n) is 2.91. The topological polar surface area (TPSA) is 0 Å². The zero-order valence-corrected chi connectivity index (χ0v) is 8.21. The quantitative estimate of drug-likeness (QED) is 0.447. The number of rotatable bonds is 1. The fourth-order valence-electron chi connectivity index (χ4n) is 0. The van der Waals surface area contributed by atoms with E-state index >= 15 is 0 Å². The Morgan fingerprint density at radius 1 is 1.33 bits per heavy atom. The van der Waals surface area contributed by atoms with Gasteiger partial charge in [0.1, 0.15) is 0 Å². The van der Waals surface area contributed by atoms with Gasteiger partial charge in [-0.25, -0.2) is 0 Å². The highest BCUT2D eigenvalue weighted by molar-refractivity contribution is 6.80. The zero-order chi connectivity index (χ0) is 5.21. The van der Waals surface area contributed by atoms with Gasteiger partial charge in [0.05, 0.1) is 0 Å². The highest BCUT2D eigenvalue weighted by atomic mass is 28.3. The lowest BCUT2D eigenvalue weighted by molar-refractivity contribution is 1.65. The normalized spacial score (nSPS) is 11.8. The minimum Gasteiger partial charge on any atom is -0.105 e. The molecule has 0 saturated carbocycles. The summed E-state index contributed by atoms with van der Waals surface area (Å²) in [6, 6.07) is 0. The molecule has 0 heterocycles. The van der Waals surface area contributed by atoms with Crippen molar-refractivity contribution < 1.29 is 0 Å². The van der Waals surface area contributed by atoms with E-state index in [2.05, 4.69) is 19.6 Å². The molecule has 0 atom stereocenters. The van der Waals surface area contributed by atoms with Crippen LogP contribution in [0.3, 0.4) is 0 Å². The Bertz CT molecular complexity index is 37.3. The molecule has 36 valence electrons. The van der Waals surface area contributed by atoms with Gasteiger partial charge in [0.25, 0.3) is 0 Å². The van der Waals surface area contributed by atoms with Crippen molar-refractivity contribution in [1.82, 2.24) is 0 Å². The summed E-state index contributed by atoms with van der Waals surface area (Å²) in [5, 5.41) is 0. The van der Waals surface area contributed by atoms with Crippen molar-refractivity contribution in [3.05, 3.63) is 0 Å². The average Bonchev–Trinajstić information content (AvgIpc) is 1.35. The summed E-state index contributed by atoms with van der Waals surface area (Å²) in [6.07, 6.45) is 0. The average molecular weight is 116 g/mol. The van der Waals surface area contributed by atoms with E-state index in [1.807, 2.05) is 0 Å². The molecule has 0 radical (unpaired) electrons. The van der Waals surface area contributed by atoms with Crippen molar-refractivity contribution in [2.75, 3.05) is 0 Å². The lowest BCUT2D eigenvalue weighted by Gasteiger charge is -2.09. The van der Waals surface area contributed by atoms with Crippen LogP contribution in [0.25, 0.3) is 0 Å². The third-order valence-electron chi connectivity index (χ3n) is 1.06. The molecular formula is C4H13AlSi. The third kappa shape index (κ3) is 4.75. The van der Waals surface area contributed by atoms with Crippen LogP contribution >= 0.6 is 0 Å². The maximum Gasteiger partial charge on any atom is 0.208 e. The Labute approximate surface area is 49.4 Å². The van der Waals surface area contributed by atoms with Crippen LogP contribution in [-0.2, 0) is 0 Å². The molecule has 0 aromatic rings. The SMILES string of the molecule is C[Si](C)(C)[CH2][AlH2]. The van der Waals surface area contributed by atoms with Gasteiger partial charge in [0, 0.05) is 8.07 Å². The maximum atomic E-state index is 2.42. The highest BCUT2D eigenvalue weighted by Gasteiger charge is 2.06. The molecule has 0 bridgehead atoms. The number of hydrogen-bond donors (Lipinski definition) is 0. The zero-order valence-electron chi connectivity index (χ0n) is 5.21. The molecule has 0 amide bonds. The van der Waals surface area contributed by atoms with Crippen molar-refractivity contribution in [1.29, 1.82) is 0 Å². The van der Waals surface area contributed by atoms with E-state index in [0.717, 1.165) is 0 Å². The smallest absolute Gasteiger partial charge is 0.105 e. The van der Waals surface area contributed by atoms with E-state index in [4.69, 9.17) is 0 Å². The first-order chi connectivity index (χ1) is 2.56. The van der Waals surface area contributed by atoms with E-state index < -0.39 is 8.07 Å². The molecular weight excluding hydrogens is 103 g/mol. The predicted molar refractivity (Wildman–Crippen MR) is 36.7 cm³/mol. The van der Waals surface area contributed by atoms with Crippen molar-refractivity contribution in [3.63, 3.8) is 0 Å². The molecule has 2 heteroatoms. The molecule has 0 rings (SSSR count). The van der Waals surface area contributed by atoms with Gasteiger partial charge < -0.3 is 0 Å². The summed E-state index contributed by atoms with van der Waals surface area (Å²) >= 11 is 1.41. The fourth-order valence-corrected chi connectivity index (χ4v) is 0. The van der Waals surface area contributed by atoms with Crippen LogP contribution in [0.1, 0.15) is 0 Å². The Hall–Kier alpha value is 0.749. The second-order valence-corrected chi connectivity index (χ2v) is 10.9. The van der Waals surface area contributed by atoms with Gasteiger partial charge in [0.2, 0.25) is 16.3 Å². The van der Waals surface area contributed by atoms with Crippen LogP contribution < -0.4 is 0 Å². The Morgan fingerprint density at radius 2 is 1.50 bits per heavy atom. The molecule has 0 N–H and O–H groups in total. The van der Waals surface area contributed by atoms with Gasteiger partial charge in [-0.05, 0) is 0 Å². The summed E-state index contributed by atoms with van der Waals surface area (Å²) in [4.78, 5) is 1.55. The Kier molecular flexibility index (Phi) is 2.43. The highest BCUT2D eigenvalue weighted by Crippen LogP contribution is 2.01. The molecule has 0 fully saturated rings. The third-order valence-corrected chi connectivity index (χ3v) is 9.55. The van der Waals surface area contributed by atoms with Gasteiger partial charge in [-0.15, -0.1) is 4.91 Å². The van der Waals surface area contributed by atoms with Crippen LogP contribution in [0, 0.1) is 0 Å². The summed E-state index contributed by atoms with van der Waals surface area (Å²) in [5.74, 6) is 0. The standard InChI is InChI=1S/C4H11Si.Al.2H/c1-5(2,3)4;;;/h1H2,2-4H3;;;. The van der Waals surface area contributed by atoms with E-state index in [1.54, 1.807) is 4.91 Å². The van der Waals surface area contributed by atoms with Crippen LogP contribution in [0.2, 0.25) is 24.5 Å². The minimum absolute atomic E-state index is 0.569. The van der Waals surface area contributed by atoms with E-state index in [1.165, 1.54) is 16.3 Å². The Balaban J connectivity index is 3.17. The molecule has 0 saturated heterocycles. The van der Waals surface area contributed by atoms with Crippen molar-refractivity contribution in [2.45, 2.75) is 24.5 Å². The molecule has 0 spiro atoms. The minimum atomic E-state index is -0.569. The molecule has 0 aliphatic heterocycles. The molecule has 0 aromatic heterocycles. The largest absolute Gasteiger partial charge is 0.208 e. The van der Waals surface area contributed by atoms with Gasteiger partial charge in [-0.2, -0.15) is 0 Å². The monoisotopic (exact) mass is 116 g/mol. The summed E-state index contributed by atoms with van der Waals surface area (Å²) in [5.41, 5.74) is 0. The summed E-state index contributed by atoms with van der Waals surface area (Å²) < 4.78 is 0. The van der Waals surface area contributed by atoms with Crippen molar-refractivity contribution in [2.24, 2.45) is 0 Å². The van der Waals surface area contributed by atoms with Crippen LogP contribution in [0.4, 0.5) is 0 Å². The first-order valence-corrected chi connectivity index (χ1v) is 7.68. The van der Waals surface area contributed by atoms with Gasteiger partial charge >= 0.3 is 0 Å². The second kappa shape index (κ2) is 2.16. The van der Waals surface area contributed by atoms with Crippen molar-refractivity contribution >= 4 is 24.4 Å². The lowest BCUT2D eigenvalue weighted by atomic mass is 11.7. The summed E-state index contributed by atoms with van der Waals surface area (Å²) in [6.45, 7) is 7.25. The molecule has 6 heavy (non-hydrogen) atoms. The van der Waals surface area contributed by atoms with E-state index in [-0.39, 0.29) is 0 Å². The van der Waals surface area contributed by atoms with Gasteiger partial charge in [-0.3, -0.25) is 0 Å². The van der Waals surface area contributed by atoms with Crippen LogP contribution in [-0.4, -0.2) is 24.4 Å². The summed E-state index contributed by atoms with van der Waals surface area (Å²) in [7, 11) is -0.569. The van der Waals surface area contributed by atoms with E-state index in [0.29, 0.717) is 0 Å². The molecule has 0 aliphatic carbocycles. The van der Waals surface area contributed by atoms with E-state index in [9.17, 15) is 0 Å². The Morgan fingerprint density at radius 3 is 1.50 bits per heavy atom. The molecule has 0 unspecified atom stereocenters. The molecule has 0 aliphatic rings. The van der Waals surface area contributed by atoms with Crippen molar-refractivity contribution in [3.8, 4) is 0 Å². The maximum absolute atomic E-state index is 2.42. The molecule has 0 aromatic carbocycles. The van der Waals surface area contributed by atoms with Gasteiger partial charge in [0.15, 0.2) is 0 Å².